The number of pyridine rings is 1. The van der Waals surface area contributed by atoms with E-state index in [-0.39, 0.29) is 0 Å². The lowest BCUT2D eigenvalue weighted by Crippen LogP contribution is -2.57. The molecule has 0 radical (unpaired) electrons. The molecule has 4 rings (SSSR count). The number of hydrogen-bond donors (Lipinski definition) is 1. The Bertz CT molecular complexity index is 1050. The molecule has 4 atom stereocenters. The summed E-state index contributed by atoms with van der Waals surface area (Å²) in [5, 5.41) is 39.2. The van der Waals surface area contributed by atoms with Gasteiger partial charge in [-0.25, -0.2) is 0 Å². The van der Waals surface area contributed by atoms with Crippen molar-refractivity contribution in [2.24, 2.45) is 10.8 Å². The molecule has 2 aliphatic heterocycles. The number of ether oxygens (including phenoxy) is 2. The normalized spacial score (nSPS) is 32.4. The fourth-order valence-corrected chi connectivity index (χ4v) is 4.46. The van der Waals surface area contributed by atoms with Crippen molar-refractivity contribution in [2.75, 3.05) is 0 Å². The summed E-state index contributed by atoms with van der Waals surface area (Å²) < 4.78 is 12.0. The molecule has 0 unspecified atom stereocenters. The second-order valence-corrected chi connectivity index (χ2v) is 7.03. The van der Waals surface area contributed by atoms with Crippen molar-refractivity contribution < 1.29 is 9.47 Å². The molecule has 0 saturated carbocycles. The maximum absolute atomic E-state index is 10.3. The number of fused-ring (bicyclic) bond motifs is 2. The average Bonchev–Trinajstić information content (AvgIpc) is 2.92. The van der Waals surface area contributed by atoms with E-state index in [9.17, 15) is 15.8 Å². The maximum Gasteiger partial charge on any atom is 0.218 e. The maximum atomic E-state index is 10.3. The van der Waals surface area contributed by atoms with Crippen LogP contribution in [-0.2, 0) is 9.47 Å². The van der Waals surface area contributed by atoms with E-state index in [1.54, 1.807) is 49.5 Å². The highest BCUT2D eigenvalue weighted by Crippen LogP contribution is 2.69. The van der Waals surface area contributed by atoms with E-state index < -0.39 is 34.5 Å². The molecule has 2 aliphatic rings. The third kappa shape index (κ3) is 1.93. The van der Waals surface area contributed by atoms with Gasteiger partial charge in [0, 0.05) is 24.9 Å². The summed E-state index contributed by atoms with van der Waals surface area (Å²) in [7, 11) is 0. The number of nitrogens with one attached hydrogen (secondary N) is 1. The van der Waals surface area contributed by atoms with Crippen LogP contribution >= 0.6 is 0 Å². The van der Waals surface area contributed by atoms with Gasteiger partial charge < -0.3 is 9.47 Å². The molecule has 1 aromatic heterocycles. The van der Waals surface area contributed by atoms with E-state index in [1.165, 1.54) is 6.20 Å². The van der Waals surface area contributed by atoms with E-state index in [1.807, 2.05) is 18.2 Å². The van der Waals surface area contributed by atoms with Gasteiger partial charge in [-0.15, -0.1) is 0 Å². The van der Waals surface area contributed by atoms with Gasteiger partial charge in [-0.3, -0.25) is 10.4 Å². The second-order valence-electron chi connectivity index (χ2n) is 7.03. The summed E-state index contributed by atoms with van der Waals surface area (Å²) in [5.74, 6) is -2.65. The zero-order valence-corrected chi connectivity index (χ0v) is 15.0. The highest BCUT2D eigenvalue weighted by molar-refractivity contribution is 5.90. The van der Waals surface area contributed by atoms with Crippen molar-refractivity contribution in [2.45, 2.75) is 24.7 Å². The van der Waals surface area contributed by atoms with Crippen molar-refractivity contribution in [1.29, 1.82) is 21.2 Å². The molecular weight excluding hydrogens is 354 g/mol. The summed E-state index contributed by atoms with van der Waals surface area (Å²) in [4.78, 5) is 4.06. The Morgan fingerprint density at radius 1 is 1.00 bits per heavy atom. The Morgan fingerprint density at radius 2 is 1.68 bits per heavy atom. The van der Waals surface area contributed by atoms with Gasteiger partial charge in [0.25, 0.3) is 0 Å². The first kappa shape index (κ1) is 17.7. The van der Waals surface area contributed by atoms with Crippen LogP contribution in [-0.4, -0.2) is 16.7 Å². The lowest BCUT2D eigenvalue weighted by molar-refractivity contribution is -0.253. The molecule has 2 aromatic rings. The predicted molar refractivity (Wildman–Crippen MR) is 96.2 cm³/mol. The van der Waals surface area contributed by atoms with Gasteiger partial charge in [-0.1, -0.05) is 36.4 Å². The lowest BCUT2D eigenvalue weighted by atomic mass is 9.52. The van der Waals surface area contributed by atoms with E-state index in [0.29, 0.717) is 11.1 Å². The van der Waals surface area contributed by atoms with Gasteiger partial charge in [0.15, 0.2) is 5.41 Å². The molecule has 2 fully saturated rings. The highest BCUT2D eigenvalue weighted by atomic mass is 16.7. The average molecular weight is 369 g/mol. The quantitative estimate of drug-likeness (QED) is 0.866. The van der Waals surface area contributed by atoms with Crippen LogP contribution in [0.2, 0.25) is 0 Å². The highest BCUT2D eigenvalue weighted by Gasteiger charge is 2.79. The van der Waals surface area contributed by atoms with Crippen LogP contribution < -0.4 is 0 Å². The molecule has 0 amide bonds. The Balaban J connectivity index is 2.05. The zero-order chi connectivity index (χ0) is 20.0. The summed E-state index contributed by atoms with van der Waals surface area (Å²) in [6.07, 6.45) is 1.95. The predicted octanol–water partition coefficient (Wildman–Crippen LogP) is 3.20. The number of hydrogen-bond acceptors (Lipinski definition) is 7. The van der Waals surface area contributed by atoms with Crippen molar-refractivity contribution in [1.82, 2.24) is 4.98 Å². The molecule has 7 heteroatoms. The smallest absolute Gasteiger partial charge is 0.218 e. The number of nitriles is 3. The minimum absolute atomic E-state index is 0.430. The number of aromatic nitrogens is 1. The third-order valence-electron chi connectivity index (χ3n) is 5.64. The minimum Gasteiger partial charge on any atom is -0.447 e. The van der Waals surface area contributed by atoms with Crippen LogP contribution in [0.1, 0.15) is 30.1 Å². The van der Waals surface area contributed by atoms with Crippen molar-refractivity contribution in [3.63, 3.8) is 0 Å². The molecule has 0 spiro atoms. The van der Waals surface area contributed by atoms with Gasteiger partial charge in [0.1, 0.15) is 6.10 Å². The van der Waals surface area contributed by atoms with Gasteiger partial charge >= 0.3 is 0 Å². The molecule has 2 bridgehead atoms. The number of rotatable bonds is 2. The van der Waals surface area contributed by atoms with Gasteiger partial charge in [0.05, 0.1) is 24.1 Å². The summed E-state index contributed by atoms with van der Waals surface area (Å²) in [6.45, 7) is 1.64. The second kappa shape index (κ2) is 5.89. The van der Waals surface area contributed by atoms with Crippen LogP contribution in [0, 0.1) is 50.2 Å². The Hall–Kier alpha value is -3.73. The molecule has 28 heavy (non-hydrogen) atoms. The number of nitrogens with zero attached hydrogens (tertiary/aromatic N) is 4. The zero-order valence-electron chi connectivity index (χ0n) is 15.0. The summed E-state index contributed by atoms with van der Waals surface area (Å²) >= 11 is 0. The van der Waals surface area contributed by atoms with E-state index in [4.69, 9.17) is 14.9 Å². The van der Waals surface area contributed by atoms with Crippen LogP contribution in [0.3, 0.4) is 0 Å². The van der Waals surface area contributed by atoms with Crippen LogP contribution in [0.25, 0.3) is 0 Å². The Labute approximate surface area is 161 Å². The third-order valence-corrected chi connectivity index (χ3v) is 5.64. The molecule has 136 valence electrons. The van der Waals surface area contributed by atoms with E-state index in [2.05, 4.69) is 11.1 Å². The Morgan fingerprint density at radius 3 is 2.25 bits per heavy atom. The van der Waals surface area contributed by atoms with Gasteiger partial charge in [-0.2, -0.15) is 15.8 Å². The van der Waals surface area contributed by atoms with E-state index >= 15 is 0 Å². The standard InChI is InChI=1S/C21H15N5O2/c1-19-16(14-6-3-2-4-7-14)21(13-24,18(25)28-19)20(11-22,12-23)17(27-19)15-8-5-9-26-10-15/h2-10,16-17,25H,1H3/t16-,17-,19+,21-/m0/s1. The summed E-state index contributed by atoms with van der Waals surface area (Å²) in [5.41, 5.74) is -2.71. The largest absolute Gasteiger partial charge is 0.447 e. The first-order chi connectivity index (χ1) is 13.5. The molecule has 0 aliphatic carbocycles. The minimum atomic E-state index is -2.00. The first-order valence-corrected chi connectivity index (χ1v) is 8.63. The molecule has 1 N–H and O–H groups in total. The van der Waals surface area contributed by atoms with Gasteiger partial charge in [0.2, 0.25) is 17.1 Å². The Kier molecular flexibility index (Phi) is 3.72. The monoisotopic (exact) mass is 369 g/mol. The fourth-order valence-electron chi connectivity index (χ4n) is 4.46. The lowest BCUT2D eigenvalue weighted by Gasteiger charge is -2.48. The van der Waals surface area contributed by atoms with Crippen molar-refractivity contribution in [3.05, 3.63) is 66.0 Å². The molecule has 3 heterocycles. The SMILES string of the molecule is C[C@@]12OC(=N)[C@](C#N)([C@H]1c1ccccc1)C(C#N)(C#N)[C@H](c1cccnc1)O2. The number of benzene rings is 1. The van der Waals surface area contributed by atoms with Crippen LogP contribution in [0.15, 0.2) is 54.9 Å². The topological polar surface area (TPSA) is 127 Å². The van der Waals surface area contributed by atoms with Crippen molar-refractivity contribution >= 4 is 5.90 Å². The molecular formula is C21H15N5O2. The first-order valence-electron chi connectivity index (χ1n) is 8.63. The van der Waals surface area contributed by atoms with Crippen molar-refractivity contribution in [3.8, 4) is 18.2 Å². The summed E-state index contributed by atoms with van der Waals surface area (Å²) in [6, 6.07) is 18.5. The molecule has 7 nitrogen and oxygen atoms in total. The fraction of sp³-hybridized carbons (Fsp3) is 0.286. The molecule has 2 saturated heterocycles. The van der Waals surface area contributed by atoms with E-state index in [0.717, 1.165) is 0 Å². The van der Waals surface area contributed by atoms with Gasteiger partial charge in [-0.05, 0) is 11.6 Å². The van der Waals surface area contributed by atoms with Crippen LogP contribution in [0.4, 0.5) is 0 Å². The molecule has 1 aromatic carbocycles. The van der Waals surface area contributed by atoms with Crippen LogP contribution in [0.5, 0.6) is 0 Å².